The molecule has 0 amide bonds. The van der Waals surface area contributed by atoms with Crippen LogP contribution in [0, 0.1) is 17.3 Å². The van der Waals surface area contributed by atoms with Crippen LogP contribution >= 0.6 is 0 Å². The van der Waals surface area contributed by atoms with Crippen LogP contribution in [0.3, 0.4) is 0 Å². The van der Waals surface area contributed by atoms with Crippen LogP contribution in [0.1, 0.15) is 79.6 Å². The summed E-state index contributed by atoms with van der Waals surface area (Å²) in [5.41, 5.74) is 0.449. The first kappa shape index (κ1) is 16.5. The number of carbonyl (C=O) groups is 1. The smallest absolute Gasteiger partial charge is 0.302 e. The topological polar surface area (TPSA) is 26.3 Å². The van der Waals surface area contributed by atoms with E-state index in [9.17, 15) is 4.79 Å². The zero-order valence-electron chi connectivity index (χ0n) is 13.5. The van der Waals surface area contributed by atoms with E-state index in [0.29, 0.717) is 5.41 Å². The van der Waals surface area contributed by atoms with Gasteiger partial charge in [-0.15, -0.1) is 0 Å². The number of rotatable bonds is 6. The lowest BCUT2D eigenvalue weighted by atomic mass is 9.62. The maximum atomic E-state index is 11.1. The van der Waals surface area contributed by atoms with Gasteiger partial charge in [0.1, 0.15) is 6.10 Å². The van der Waals surface area contributed by atoms with Gasteiger partial charge in [0.05, 0.1) is 0 Å². The summed E-state index contributed by atoms with van der Waals surface area (Å²) in [7, 11) is 0. The van der Waals surface area contributed by atoms with Gasteiger partial charge < -0.3 is 4.74 Å². The fourth-order valence-corrected chi connectivity index (χ4v) is 3.90. The van der Waals surface area contributed by atoms with Crippen molar-refractivity contribution >= 4 is 5.97 Å². The summed E-state index contributed by atoms with van der Waals surface area (Å²) >= 11 is 0. The van der Waals surface area contributed by atoms with Gasteiger partial charge in [-0.2, -0.15) is 0 Å². The van der Waals surface area contributed by atoms with Gasteiger partial charge in [-0.25, -0.2) is 0 Å². The van der Waals surface area contributed by atoms with Gasteiger partial charge in [-0.1, -0.05) is 47.0 Å². The molecule has 0 radical (unpaired) electrons. The molecule has 1 rings (SSSR count). The van der Waals surface area contributed by atoms with Gasteiger partial charge in [-0.3, -0.25) is 4.79 Å². The first-order valence-electron chi connectivity index (χ1n) is 8.04. The molecule has 0 aromatic heterocycles. The first-order chi connectivity index (χ1) is 8.86. The van der Waals surface area contributed by atoms with E-state index in [1.807, 2.05) is 0 Å². The quantitative estimate of drug-likeness (QED) is 0.636. The van der Waals surface area contributed by atoms with Crippen LogP contribution in [0.4, 0.5) is 0 Å². The molecule has 19 heavy (non-hydrogen) atoms. The molecule has 1 aliphatic rings. The predicted octanol–water partition coefficient (Wildman–Crippen LogP) is 4.96. The highest BCUT2D eigenvalue weighted by atomic mass is 16.5. The number of ether oxygens (including phenoxy) is 1. The third-order valence-electron chi connectivity index (χ3n) is 4.91. The highest BCUT2D eigenvalue weighted by molar-refractivity contribution is 5.66. The SMILES string of the molecule is CCCC(CCC1C(C)CCCC1(C)C)OC(C)=O. The molecule has 0 saturated heterocycles. The largest absolute Gasteiger partial charge is 0.463 e. The van der Waals surface area contributed by atoms with E-state index in [0.717, 1.165) is 31.1 Å². The summed E-state index contributed by atoms with van der Waals surface area (Å²) in [5, 5.41) is 0. The average molecular weight is 268 g/mol. The van der Waals surface area contributed by atoms with Crippen LogP contribution in [0.15, 0.2) is 0 Å². The van der Waals surface area contributed by atoms with Crippen molar-refractivity contribution in [3.63, 3.8) is 0 Å². The minimum atomic E-state index is -0.130. The Kier molecular flexibility index (Phi) is 6.35. The van der Waals surface area contributed by atoms with Crippen molar-refractivity contribution in [2.75, 3.05) is 0 Å². The van der Waals surface area contributed by atoms with Gasteiger partial charge in [0.2, 0.25) is 0 Å². The van der Waals surface area contributed by atoms with Crippen LogP contribution in [0.5, 0.6) is 0 Å². The van der Waals surface area contributed by atoms with E-state index in [2.05, 4.69) is 27.7 Å². The van der Waals surface area contributed by atoms with Crippen molar-refractivity contribution in [2.24, 2.45) is 17.3 Å². The van der Waals surface area contributed by atoms with Crippen molar-refractivity contribution < 1.29 is 9.53 Å². The van der Waals surface area contributed by atoms with E-state index in [1.54, 1.807) is 0 Å². The molecule has 0 N–H and O–H groups in total. The summed E-state index contributed by atoms with van der Waals surface area (Å²) in [4.78, 5) is 11.1. The van der Waals surface area contributed by atoms with E-state index in [1.165, 1.54) is 32.6 Å². The minimum absolute atomic E-state index is 0.130. The monoisotopic (exact) mass is 268 g/mol. The molecule has 2 nitrogen and oxygen atoms in total. The second-order valence-corrected chi connectivity index (χ2v) is 7.06. The summed E-state index contributed by atoms with van der Waals surface area (Å²) in [6.45, 7) is 10.9. The summed E-state index contributed by atoms with van der Waals surface area (Å²) < 4.78 is 5.45. The highest BCUT2D eigenvalue weighted by Gasteiger charge is 2.36. The van der Waals surface area contributed by atoms with E-state index < -0.39 is 0 Å². The normalized spacial score (nSPS) is 27.8. The third-order valence-corrected chi connectivity index (χ3v) is 4.91. The van der Waals surface area contributed by atoms with Gasteiger partial charge in [0.25, 0.3) is 0 Å². The molecule has 1 aliphatic carbocycles. The molecule has 0 heterocycles. The first-order valence-corrected chi connectivity index (χ1v) is 8.04. The predicted molar refractivity (Wildman–Crippen MR) is 80.0 cm³/mol. The van der Waals surface area contributed by atoms with Gasteiger partial charge in [-0.05, 0) is 42.9 Å². The van der Waals surface area contributed by atoms with Crippen molar-refractivity contribution in [2.45, 2.75) is 85.7 Å². The summed E-state index contributed by atoms with van der Waals surface area (Å²) in [6.07, 6.45) is 8.52. The zero-order chi connectivity index (χ0) is 14.5. The Morgan fingerprint density at radius 2 is 2.05 bits per heavy atom. The number of hydrogen-bond acceptors (Lipinski definition) is 2. The fourth-order valence-electron chi connectivity index (χ4n) is 3.90. The van der Waals surface area contributed by atoms with Crippen LogP contribution in [-0.2, 0) is 9.53 Å². The Morgan fingerprint density at radius 3 is 2.58 bits per heavy atom. The van der Waals surface area contributed by atoms with Gasteiger partial charge in [0, 0.05) is 6.92 Å². The molecule has 0 aliphatic heterocycles. The molecule has 1 fully saturated rings. The van der Waals surface area contributed by atoms with Crippen LogP contribution in [0.2, 0.25) is 0 Å². The molecular formula is C17H32O2. The van der Waals surface area contributed by atoms with Crippen molar-refractivity contribution in [3.05, 3.63) is 0 Å². The maximum absolute atomic E-state index is 11.1. The maximum Gasteiger partial charge on any atom is 0.302 e. The van der Waals surface area contributed by atoms with Crippen molar-refractivity contribution in [1.82, 2.24) is 0 Å². The second-order valence-electron chi connectivity index (χ2n) is 7.06. The summed E-state index contributed by atoms with van der Waals surface area (Å²) in [6, 6.07) is 0. The van der Waals surface area contributed by atoms with E-state index >= 15 is 0 Å². The zero-order valence-corrected chi connectivity index (χ0v) is 13.5. The standard InChI is InChI=1S/C17H32O2/c1-6-8-15(19-14(3)18)10-11-16-13(2)9-7-12-17(16,4)5/h13,15-16H,6-12H2,1-5H3. The molecule has 0 aromatic rings. The Bertz CT molecular complexity index is 283. The van der Waals surface area contributed by atoms with E-state index in [4.69, 9.17) is 4.74 Å². The minimum Gasteiger partial charge on any atom is -0.463 e. The Labute approximate surface area is 119 Å². The molecule has 3 unspecified atom stereocenters. The lowest BCUT2D eigenvalue weighted by Gasteiger charge is -2.43. The van der Waals surface area contributed by atoms with Crippen molar-refractivity contribution in [1.29, 1.82) is 0 Å². The Balaban J connectivity index is 2.53. The van der Waals surface area contributed by atoms with Crippen LogP contribution in [-0.4, -0.2) is 12.1 Å². The molecule has 1 saturated carbocycles. The number of esters is 1. The lowest BCUT2D eigenvalue weighted by Crippen LogP contribution is -2.34. The van der Waals surface area contributed by atoms with Crippen molar-refractivity contribution in [3.8, 4) is 0 Å². The van der Waals surface area contributed by atoms with Gasteiger partial charge in [0.15, 0.2) is 0 Å². The Morgan fingerprint density at radius 1 is 1.37 bits per heavy atom. The third kappa shape index (κ3) is 5.16. The lowest BCUT2D eigenvalue weighted by molar-refractivity contribution is -0.147. The highest BCUT2D eigenvalue weighted by Crippen LogP contribution is 2.46. The Hall–Kier alpha value is -0.530. The second kappa shape index (κ2) is 7.31. The molecule has 0 spiro atoms. The fraction of sp³-hybridized carbons (Fsp3) is 0.941. The van der Waals surface area contributed by atoms with E-state index in [-0.39, 0.29) is 12.1 Å². The molecule has 2 heteroatoms. The average Bonchev–Trinajstić information content (AvgIpc) is 2.26. The summed E-state index contributed by atoms with van der Waals surface area (Å²) in [5.74, 6) is 1.45. The molecule has 3 atom stereocenters. The van der Waals surface area contributed by atoms with Crippen LogP contribution < -0.4 is 0 Å². The van der Waals surface area contributed by atoms with Crippen LogP contribution in [0.25, 0.3) is 0 Å². The molecule has 0 aromatic carbocycles. The van der Waals surface area contributed by atoms with Gasteiger partial charge >= 0.3 is 5.97 Å². The number of carbonyl (C=O) groups excluding carboxylic acids is 1. The number of hydrogen-bond donors (Lipinski definition) is 0. The molecular weight excluding hydrogens is 236 g/mol. The molecule has 0 bridgehead atoms. The molecule has 112 valence electrons.